The monoisotopic (exact) mass is 168 g/mol. The van der Waals surface area contributed by atoms with Crippen molar-refractivity contribution in [3.8, 4) is 0 Å². The van der Waals surface area contributed by atoms with Crippen LogP contribution in [0.15, 0.2) is 0 Å². The molecule has 7 heavy (non-hydrogen) atoms. The SMILES string of the molecule is F.F.F.[AlH3].[AlH3].[NaH].[NaH]. The summed E-state index contributed by atoms with van der Waals surface area (Å²) in [6.45, 7) is 0. The molecular weight excluding hydrogens is 157 g/mol. The molecule has 0 aliphatic carbocycles. The molecule has 0 bridgehead atoms. The zero-order valence-electron chi connectivity index (χ0n) is 1.22. The Labute approximate surface area is 106 Å². The van der Waals surface area contributed by atoms with Gasteiger partial charge in [0.25, 0.3) is 0 Å². The normalized spacial score (nSPS) is 0. The molecule has 0 fully saturated rings. The zero-order chi connectivity index (χ0) is 0. The van der Waals surface area contributed by atoms with Crippen molar-refractivity contribution in [2.45, 2.75) is 0 Å². The van der Waals surface area contributed by atoms with Gasteiger partial charge in [-0.3, -0.25) is 14.1 Å². The van der Waals surface area contributed by atoms with Gasteiger partial charge in [-0.1, -0.05) is 0 Å². The van der Waals surface area contributed by atoms with Gasteiger partial charge >= 0.3 is 59.1 Å². The summed E-state index contributed by atoms with van der Waals surface area (Å²) in [5.41, 5.74) is 0. The molecule has 0 rings (SSSR count). The Hall–Kier alpha value is 2.85. The van der Waals surface area contributed by atoms with Crippen LogP contribution in [0.5, 0.6) is 0 Å². The number of hydrogen-bond donors (Lipinski definition) is 0. The van der Waals surface area contributed by atoms with Crippen molar-refractivity contribution in [2.75, 3.05) is 0 Å². The number of rotatable bonds is 0. The first-order valence-electron chi connectivity index (χ1n) is 0. The van der Waals surface area contributed by atoms with Crippen LogP contribution < -0.4 is 0 Å². The third-order valence-corrected chi connectivity index (χ3v) is 0. The van der Waals surface area contributed by atoms with Gasteiger partial charge in [0.15, 0.2) is 34.7 Å². The van der Waals surface area contributed by atoms with Crippen LogP contribution in [0.2, 0.25) is 0 Å². The Morgan fingerprint density at radius 1 is 0.429 bits per heavy atom. The summed E-state index contributed by atoms with van der Waals surface area (Å²) in [6.07, 6.45) is 0. The molecule has 0 spiro atoms. The van der Waals surface area contributed by atoms with Crippen LogP contribution in [0.1, 0.15) is 0 Å². The quantitative estimate of drug-likeness (QED) is 0.334. The van der Waals surface area contributed by atoms with Crippen LogP contribution in [0.4, 0.5) is 14.1 Å². The van der Waals surface area contributed by atoms with Gasteiger partial charge in [0, 0.05) is 0 Å². The topological polar surface area (TPSA) is 0 Å². The van der Waals surface area contributed by atoms with Gasteiger partial charge in [-0.05, 0) is 0 Å². The fourth-order valence-corrected chi connectivity index (χ4v) is 0. The van der Waals surface area contributed by atoms with Crippen LogP contribution in [0.25, 0.3) is 0 Å². The molecule has 7 heteroatoms. The fraction of sp³-hybridized carbons (Fsp3) is 0. The van der Waals surface area contributed by atoms with Crippen LogP contribution in [-0.2, 0) is 0 Å². The van der Waals surface area contributed by atoms with E-state index in [0.717, 1.165) is 0 Å². The molecule has 0 aromatic heterocycles. The second-order valence-corrected chi connectivity index (χ2v) is 0. The van der Waals surface area contributed by atoms with Gasteiger partial charge in [-0.2, -0.15) is 0 Å². The first-order valence-corrected chi connectivity index (χ1v) is 0. The van der Waals surface area contributed by atoms with Gasteiger partial charge in [-0.25, -0.2) is 0 Å². The predicted molar refractivity (Wildman–Crippen MR) is 41.7 cm³/mol. The summed E-state index contributed by atoms with van der Waals surface area (Å²) in [5.74, 6) is 0. The van der Waals surface area contributed by atoms with Crippen molar-refractivity contribution < 1.29 is 14.1 Å². The van der Waals surface area contributed by atoms with Crippen LogP contribution >= 0.6 is 0 Å². The molecule has 0 amide bonds. The van der Waals surface area contributed by atoms with Crippen LogP contribution in [-0.4, -0.2) is 93.8 Å². The summed E-state index contributed by atoms with van der Waals surface area (Å²) in [6, 6.07) is 0. The first kappa shape index (κ1) is 94.8. The molecule has 0 aromatic carbocycles. The molecule has 40 valence electrons. The molecule has 0 atom stereocenters. The van der Waals surface area contributed by atoms with Gasteiger partial charge in [0.1, 0.15) is 0 Å². The van der Waals surface area contributed by atoms with Crippen molar-refractivity contribution in [3.05, 3.63) is 0 Å². The average molecular weight is 168 g/mol. The first-order chi connectivity index (χ1) is 0. The maximum atomic E-state index is 0. The van der Waals surface area contributed by atoms with Gasteiger partial charge in [0.2, 0.25) is 0 Å². The number of halogens is 3. The van der Waals surface area contributed by atoms with Crippen LogP contribution in [0, 0.1) is 0 Å². The summed E-state index contributed by atoms with van der Waals surface area (Å²) in [4.78, 5) is 0. The predicted octanol–water partition coefficient (Wildman–Crippen LogP) is -3.21. The van der Waals surface area contributed by atoms with Crippen molar-refractivity contribution in [3.63, 3.8) is 0 Å². The zero-order valence-corrected chi connectivity index (χ0v) is 1.22. The third kappa shape index (κ3) is 51.1. The maximum absolute atomic E-state index is 0. The second kappa shape index (κ2) is 67.0. The fourth-order valence-electron chi connectivity index (χ4n) is 0. The summed E-state index contributed by atoms with van der Waals surface area (Å²) in [5, 5.41) is 0. The molecule has 0 aliphatic heterocycles. The minimum atomic E-state index is 0. The van der Waals surface area contributed by atoms with Gasteiger partial charge < -0.3 is 0 Å². The average Bonchev–Trinajstić information content (AvgIpc) is 0. The molecular formula is H11Al2F3Na2. The van der Waals surface area contributed by atoms with Crippen LogP contribution in [0.3, 0.4) is 0 Å². The Balaban J connectivity index is 0. The minimum absolute atomic E-state index is 0. The Morgan fingerprint density at radius 3 is 0.429 bits per heavy atom. The summed E-state index contributed by atoms with van der Waals surface area (Å²) < 4.78 is 0. The van der Waals surface area contributed by atoms with E-state index in [-0.39, 0.29) is 108 Å². The van der Waals surface area contributed by atoms with Gasteiger partial charge in [-0.15, -0.1) is 0 Å². The van der Waals surface area contributed by atoms with E-state index < -0.39 is 0 Å². The van der Waals surface area contributed by atoms with E-state index in [1.54, 1.807) is 0 Å². The molecule has 0 aromatic rings. The van der Waals surface area contributed by atoms with Crippen molar-refractivity contribution >= 4 is 93.8 Å². The molecule has 0 nitrogen and oxygen atoms in total. The molecule has 0 heterocycles. The van der Waals surface area contributed by atoms with E-state index in [1.165, 1.54) is 0 Å². The number of hydrogen-bond acceptors (Lipinski definition) is 0. The standard InChI is InChI=1S/2Al.3FH.2Na.8H/h;;3*1H;;;;;;;;;;. The van der Waals surface area contributed by atoms with Crippen molar-refractivity contribution in [2.24, 2.45) is 0 Å². The Morgan fingerprint density at radius 2 is 0.429 bits per heavy atom. The molecule has 0 N–H and O–H groups in total. The van der Waals surface area contributed by atoms with E-state index in [0.29, 0.717) is 0 Å². The Kier molecular flexibility index (Phi) is 908. The second-order valence-electron chi connectivity index (χ2n) is 0. The van der Waals surface area contributed by atoms with E-state index >= 15 is 0 Å². The molecule has 0 saturated carbocycles. The van der Waals surface area contributed by atoms with Crippen molar-refractivity contribution in [1.82, 2.24) is 0 Å². The molecule has 0 aliphatic rings. The van der Waals surface area contributed by atoms with Gasteiger partial charge in [0.05, 0.1) is 0 Å². The van der Waals surface area contributed by atoms with E-state index in [4.69, 9.17) is 0 Å². The molecule has 0 unspecified atom stereocenters. The molecule has 0 saturated heterocycles. The van der Waals surface area contributed by atoms with E-state index in [1.807, 2.05) is 0 Å². The van der Waals surface area contributed by atoms with E-state index in [9.17, 15) is 0 Å². The summed E-state index contributed by atoms with van der Waals surface area (Å²) >= 11 is 0. The van der Waals surface area contributed by atoms with E-state index in [2.05, 4.69) is 0 Å². The Bertz CT molecular complexity index is 10.9. The third-order valence-electron chi connectivity index (χ3n) is 0. The summed E-state index contributed by atoms with van der Waals surface area (Å²) in [7, 11) is 0. The van der Waals surface area contributed by atoms with Crippen molar-refractivity contribution in [1.29, 1.82) is 0 Å². The molecule has 0 radical (unpaired) electrons.